The summed E-state index contributed by atoms with van der Waals surface area (Å²) in [5.41, 5.74) is -0.0847. The molecule has 2 atom stereocenters. The van der Waals surface area contributed by atoms with Crippen LogP contribution in [-0.2, 0) is 21.3 Å². The van der Waals surface area contributed by atoms with E-state index in [1.807, 2.05) is 13.8 Å². The minimum atomic E-state index is -3.42. The van der Waals surface area contributed by atoms with Crippen molar-refractivity contribution >= 4 is 10.0 Å². The van der Waals surface area contributed by atoms with Crippen molar-refractivity contribution in [1.82, 2.24) is 9.62 Å². The molecular formula is C15H22F2N2O3S. The molecule has 1 saturated heterocycles. The van der Waals surface area contributed by atoms with Gasteiger partial charge in [0.25, 0.3) is 0 Å². The first-order valence-electron chi connectivity index (χ1n) is 7.56. The predicted octanol–water partition coefficient (Wildman–Crippen LogP) is 1.49. The molecule has 0 saturated carbocycles. The number of morpholine rings is 1. The Labute approximate surface area is 135 Å². The first kappa shape index (κ1) is 18.3. The maximum atomic E-state index is 13.5. The Morgan fingerprint density at radius 3 is 2.35 bits per heavy atom. The zero-order chi connectivity index (χ0) is 17.0. The van der Waals surface area contributed by atoms with Crippen LogP contribution in [0.4, 0.5) is 8.78 Å². The highest BCUT2D eigenvalue weighted by atomic mass is 32.2. The lowest BCUT2D eigenvalue weighted by molar-refractivity contribution is -0.0440. The summed E-state index contributed by atoms with van der Waals surface area (Å²) in [6.07, 6.45) is -0.289. The standard InChI is InChI=1S/C15H22F2N2O3S/c1-11-9-19(10-12(2)22-11)23(20,21)7-6-18-8-13-14(16)4-3-5-15(13)17/h3-5,11-12,18H,6-10H2,1-2H3/t11-,12-/m0/s1. The van der Waals surface area contributed by atoms with E-state index in [9.17, 15) is 17.2 Å². The molecule has 1 aromatic carbocycles. The Bertz CT molecular complexity index is 609. The summed E-state index contributed by atoms with van der Waals surface area (Å²) in [6.45, 7) is 4.39. The van der Waals surface area contributed by atoms with Crippen molar-refractivity contribution in [2.45, 2.75) is 32.6 Å². The third kappa shape index (κ3) is 4.94. The molecular weight excluding hydrogens is 326 g/mol. The number of nitrogens with one attached hydrogen (secondary N) is 1. The van der Waals surface area contributed by atoms with E-state index in [0.29, 0.717) is 13.1 Å². The lowest BCUT2D eigenvalue weighted by atomic mass is 10.2. The molecule has 0 bridgehead atoms. The van der Waals surface area contributed by atoms with Crippen LogP contribution in [-0.4, -0.2) is 50.3 Å². The van der Waals surface area contributed by atoms with E-state index in [0.717, 1.165) is 0 Å². The normalized spacial score (nSPS) is 23.1. The second kappa shape index (κ2) is 7.65. The highest BCUT2D eigenvalue weighted by Gasteiger charge is 2.30. The molecule has 0 amide bonds. The minimum Gasteiger partial charge on any atom is -0.373 e. The van der Waals surface area contributed by atoms with Crippen LogP contribution < -0.4 is 5.32 Å². The predicted molar refractivity (Wildman–Crippen MR) is 83.4 cm³/mol. The largest absolute Gasteiger partial charge is 0.373 e. The van der Waals surface area contributed by atoms with Crippen molar-refractivity contribution in [3.8, 4) is 0 Å². The van der Waals surface area contributed by atoms with E-state index >= 15 is 0 Å². The van der Waals surface area contributed by atoms with Crippen molar-refractivity contribution in [2.24, 2.45) is 0 Å². The number of ether oxygens (including phenoxy) is 1. The van der Waals surface area contributed by atoms with Gasteiger partial charge in [0.2, 0.25) is 10.0 Å². The third-order valence-corrected chi connectivity index (χ3v) is 5.48. The van der Waals surface area contributed by atoms with Crippen molar-refractivity contribution < 1.29 is 21.9 Å². The Morgan fingerprint density at radius 1 is 1.22 bits per heavy atom. The highest BCUT2D eigenvalue weighted by molar-refractivity contribution is 7.89. The van der Waals surface area contributed by atoms with Gasteiger partial charge in [-0.1, -0.05) is 6.07 Å². The molecule has 1 fully saturated rings. The van der Waals surface area contributed by atoms with E-state index in [-0.39, 0.29) is 36.6 Å². The molecule has 5 nitrogen and oxygen atoms in total. The zero-order valence-corrected chi connectivity index (χ0v) is 14.1. The van der Waals surface area contributed by atoms with Gasteiger partial charge in [-0.2, -0.15) is 4.31 Å². The number of nitrogens with zero attached hydrogens (tertiary/aromatic N) is 1. The summed E-state index contributed by atoms with van der Waals surface area (Å²) in [7, 11) is -3.42. The topological polar surface area (TPSA) is 58.6 Å². The van der Waals surface area contributed by atoms with E-state index in [1.165, 1.54) is 22.5 Å². The second-order valence-electron chi connectivity index (χ2n) is 5.77. The Kier molecular flexibility index (Phi) is 6.07. The number of sulfonamides is 1. The average molecular weight is 348 g/mol. The molecule has 2 rings (SSSR count). The van der Waals surface area contributed by atoms with Gasteiger partial charge in [-0.25, -0.2) is 17.2 Å². The smallest absolute Gasteiger partial charge is 0.215 e. The summed E-state index contributed by atoms with van der Waals surface area (Å²) in [6, 6.07) is 3.64. The van der Waals surface area contributed by atoms with Crippen molar-refractivity contribution in [3.63, 3.8) is 0 Å². The average Bonchev–Trinajstić information content (AvgIpc) is 2.45. The van der Waals surface area contributed by atoms with Gasteiger partial charge < -0.3 is 10.1 Å². The van der Waals surface area contributed by atoms with Crippen molar-refractivity contribution in [1.29, 1.82) is 0 Å². The molecule has 0 spiro atoms. The van der Waals surface area contributed by atoms with Gasteiger partial charge in [0.1, 0.15) is 11.6 Å². The zero-order valence-electron chi connectivity index (χ0n) is 13.3. The van der Waals surface area contributed by atoms with Crippen LogP contribution in [0.5, 0.6) is 0 Å². The van der Waals surface area contributed by atoms with Gasteiger partial charge in [-0.3, -0.25) is 0 Å². The SMILES string of the molecule is C[C@H]1CN(S(=O)(=O)CCNCc2c(F)cccc2F)C[C@H](C)O1. The Balaban J connectivity index is 1.85. The van der Waals surface area contributed by atoms with Crippen molar-refractivity contribution in [2.75, 3.05) is 25.4 Å². The van der Waals surface area contributed by atoms with Gasteiger partial charge in [0.15, 0.2) is 0 Å². The van der Waals surface area contributed by atoms with E-state index in [2.05, 4.69) is 5.32 Å². The number of halogens is 2. The van der Waals surface area contributed by atoms with Crippen LogP contribution in [0.15, 0.2) is 18.2 Å². The Morgan fingerprint density at radius 2 is 1.78 bits per heavy atom. The number of hydrogen-bond donors (Lipinski definition) is 1. The molecule has 0 aliphatic carbocycles. The minimum absolute atomic E-state index is 0.0516. The number of rotatable bonds is 6. The molecule has 130 valence electrons. The lowest BCUT2D eigenvalue weighted by Crippen LogP contribution is -2.49. The highest BCUT2D eigenvalue weighted by Crippen LogP contribution is 2.15. The fourth-order valence-corrected chi connectivity index (χ4v) is 4.14. The summed E-state index contributed by atoms with van der Waals surface area (Å²) < 4.78 is 58.5. The van der Waals surface area contributed by atoms with Gasteiger partial charge in [-0.05, 0) is 26.0 Å². The van der Waals surface area contributed by atoms with E-state index in [1.54, 1.807) is 0 Å². The molecule has 1 N–H and O–H groups in total. The molecule has 0 aromatic heterocycles. The first-order valence-corrected chi connectivity index (χ1v) is 9.17. The van der Waals surface area contributed by atoms with Crippen LogP contribution in [0.25, 0.3) is 0 Å². The van der Waals surface area contributed by atoms with Gasteiger partial charge in [0, 0.05) is 31.7 Å². The molecule has 1 heterocycles. The molecule has 0 unspecified atom stereocenters. The maximum Gasteiger partial charge on any atom is 0.215 e. The fourth-order valence-electron chi connectivity index (χ4n) is 2.60. The van der Waals surface area contributed by atoms with E-state index < -0.39 is 21.7 Å². The molecule has 1 aromatic rings. The number of hydrogen-bond acceptors (Lipinski definition) is 4. The van der Waals surface area contributed by atoms with Crippen LogP contribution in [0.3, 0.4) is 0 Å². The molecule has 23 heavy (non-hydrogen) atoms. The van der Waals surface area contributed by atoms with Crippen molar-refractivity contribution in [3.05, 3.63) is 35.4 Å². The van der Waals surface area contributed by atoms with Crippen LogP contribution >= 0.6 is 0 Å². The van der Waals surface area contributed by atoms with Gasteiger partial charge in [0.05, 0.1) is 18.0 Å². The Hall–Kier alpha value is -1.09. The van der Waals surface area contributed by atoms with Crippen LogP contribution in [0.1, 0.15) is 19.4 Å². The summed E-state index contributed by atoms with van der Waals surface area (Å²) in [5, 5.41) is 2.78. The molecule has 1 aliphatic rings. The van der Waals surface area contributed by atoms with Crippen LogP contribution in [0.2, 0.25) is 0 Å². The molecule has 1 aliphatic heterocycles. The molecule has 0 radical (unpaired) electrons. The monoisotopic (exact) mass is 348 g/mol. The van der Waals surface area contributed by atoms with Gasteiger partial charge in [-0.15, -0.1) is 0 Å². The van der Waals surface area contributed by atoms with Gasteiger partial charge >= 0.3 is 0 Å². The number of benzene rings is 1. The lowest BCUT2D eigenvalue weighted by Gasteiger charge is -2.34. The quantitative estimate of drug-likeness (QED) is 0.792. The second-order valence-corrected chi connectivity index (χ2v) is 7.86. The fraction of sp³-hybridized carbons (Fsp3) is 0.600. The van der Waals surface area contributed by atoms with Crippen LogP contribution in [0, 0.1) is 11.6 Å². The summed E-state index contributed by atoms with van der Waals surface area (Å²) >= 11 is 0. The first-order chi connectivity index (χ1) is 10.8. The molecule has 8 heteroatoms. The summed E-state index contributed by atoms with van der Waals surface area (Å²) in [4.78, 5) is 0. The maximum absolute atomic E-state index is 13.5. The van der Waals surface area contributed by atoms with E-state index in [4.69, 9.17) is 4.74 Å². The summed E-state index contributed by atoms with van der Waals surface area (Å²) in [5.74, 6) is -1.41. The third-order valence-electron chi connectivity index (χ3n) is 3.68.